The number of fused-ring (bicyclic) bond motifs is 8. The molecule has 0 fully saturated rings. The molecule has 0 atom stereocenters. The van der Waals surface area contributed by atoms with Crippen molar-refractivity contribution >= 4 is 86.2 Å². The van der Waals surface area contributed by atoms with Crippen LogP contribution in [0.25, 0.3) is 164 Å². The Kier molecular flexibility index (Phi) is 11.1. The molecule has 382 valence electrons. The molecule has 16 aromatic rings. The zero-order valence-electron chi connectivity index (χ0n) is 45.7. The van der Waals surface area contributed by atoms with Gasteiger partial charge in [0, 0.05) is 0 Å². The zero-order valence-corrected chi connectivity index (χ0v) is 45.7. The van der Waals surface area contributed by atoms with Gasteiger partial charge in [0.25, 0.3) is 0 Å². The molecule has 0 aliphatic heterocycles. The summed E-state index contributed by atoms with van der Waals surface area (Å²) in [5.74, 6) is 0. The Balaban J connectivity index is 1.09. The average Bonchev–Trinajstić information content (AvgIpc) is 2.15. The number of rotatable bonds is 7. The van der Waals surface area contributed by atoms with E-state index in [4.69, 9.17) is 0 Å². The molecule has 0 aliphatic carbocycles. The summed E-state index contributed by atoms with van der Waals surface area (Å²) in [6.07, 6.45) is 0. The molecule has 0 saturated heterocycles. The van der Waals surface area contributed by atoms with E-state index in [-0.39, 0.29) is 0 Å². The number of hydrogen-bond donors (Lipinski definition) is 0. The lowest BCUT2D eigenvalue weighted by Gasteiger charge is -2.25. The molecule has 16 aromatic carbocycles. The monoisotopic (exact) mass is 1040 g/mol. The summed E-state index contributed by atoms with van der Waals surface area (Å²) in [5.41, 5.74) is 19.7. The highest BCUT2D eigenvalue weighted by Crippen LogP contribution is 2.55. The van der Waals surface area contributed by atoms with Gasteiger partial charge in [0.05, 0.1) is 0 Å². The Morgan fingerprint density at radius 1 is 0.134 bits per heavy atom. The molecule has 16 rings (SSSR count). The van der Waals surface area contributed by atoms with Gasteiger partial charge in [0.2, 0.25) is 0 Å². The Morgan fingerprint density at radius 3 is 0.573 bits per heavy atom. The van der Waals surface area contributed by atoms with Crippen LogP contribution in [0.5, 0.6) is 0 Å². The van der Waals surface area contributed by atoms with E-state index in [0.717, 1.165) is 0 Å². The Labute approximate surface area is 477 Å². The van der Waals surface area contributed by atoms with Crippen molar-refractivity contribution < 1.29 is 0 Å². The van der Waals surface area contributed by atoms with Gasteiger partial charge in [0.15, 0.2) is 0 Å². The summed E-state index contributed by atoms with van der Waals surface area (Å²) in [5, 5.41) is 19.9. The van der Waals surface area contributed by atoms with Gasteiger partial charge in [-0.15, -0.1) is 0 Å². The molecule has 82 heavy (non-hydrogen) atoms. The van der Waals surface area contributed by atoms with E-state index in [9.17, 15) is 0 Å². The van der Waals surface area contributed by atoms with E-state index in [0.29, 0.717) is 0 Å². The molecule has 0 aliphatic rings. The third-order valence-corrected chi connectivity index (χ3v) is 17.8. The van der Waals surface area contributed by atoms with E-state index >= 15 is 0 Å². The highest BCUT2D eigenvalue weighted by Gasteiger charge is 2.27. The lowest BCUT2D eigenvalue weighted by Crippen LogP contribution is -1.98. The quantitative estimate of drug-likeness (QED) is 0.140. The third kappa shape index (κ3) is 7.46. The van der Waals surface area contributed by atoms with Crippen molar-refractivity contribution in [3.63, 3.8) is 0 Å². The molecular formula is C82H54. The summed E-state index contributed by atoms with van der Waals surface area (Å²) >= 11 is 0. The largest absolute Gasteiger partial charge is 0.0622 e. The van der Waals surface area contributed by atoms with Gasteiger partial charge in [-0.05, 0) is 213 Å². The topological polar surface area (TPSA) is 0 Å². The van der Waals surface area contributed by atoms with Gasteiger partial charge >= 0.3 is 0 Å². The number of hydrogen-bond acceptors (Lipinski definition) is 0. The maximum Gasteiger partial charge on any atom is -0.00137 e. The maximum absolute atomic E-state index is 2.50. The fraction of sp³-hybridized carbons (Fsp3) is 0.0244. The van der Waals surface area contributed by atoms with Gasteiger partial charge in [-0.2, -0.15) is 0 Å². The number of aryl methyl sites for hydroxylation is 2. The summed E-state index contributed by atoms with van der Waals surface area (Å²) in [6.45, 7) is 4.61. The molecule has 0 bridgehead atoms. The fourth-order valence-corrected chi connectivity index (χ4v) is 14.0. The van der Waals surface area contributed by atoms with Crippen LogP contribution in [0.3, 0.4) is 0 Å². The standard InChI is InChI=1S/C82H54/c1-51-61-31-15-17-33-65(61)79(73-47-57(39-43-63(51)73)53-23-7-3-8-24-53)81-69-37-21-19-35-67(69)77(71-45-41-59(49-75(71)81)55-27-11-5-12-28-55)78-68-36-20-22-38-70(68)82(76-50-60(42-46-72(76)78)56-29-13-6-14-30-56)80-66-34-18-16-32-62(66)52(2)64-44-40-58(48-74(64)80)54-25-9-4-10-26-54/h3-50H,1-2H3. The van der Waals surface area contributed by atoms with Crippen LogP contribution in [0.15, 0.2) is 291 Å². The summed E-state index contributed by atoms with van der Waals surface area (Å²) < 4.78 is 0. The van der Waals surface area contributed by atoms with Crippen LogP contribution in [0.1, 0.15) is 11.1 Å². The van der Waals surface area contributed by atoms with Crippen molar-refractivity contribution in [2.75, 3.05) is 0 Å². The highest BCUT2D eigenvalue weighted by molar-refractivity contribution is 6.34. The van der Waals surface area contributed by atoms with E-state index in [1.165, 1.54) is 175 Å². The predicted molar refractivity (Wildman–Crippen MR) is 354 cm³/mol. The molecule has 0 saturated carbocycles. The van der Waals surface area contributed by atoms with E-state index in [2.05, 4.69) is 305 Å². The molecule has 0 spiro atoms. The second-order valence-electron chi connectivity index (χ2n) is 22.2. The van der Waals surface area contributed by atoms with Crippen LogP contribution < -0.4 is 0 Å². The van der Waals surface area contributed by atoms with Crippen molar-refractivity contribution in [1.29, 1.82) is 0 Å². The lowest BCUT2D eigenvalue weighted by atomic mass is 9.77. The zero-order chi connectivity index (χ0) is 54.4. The molecule has 0 aromatic heterocycles. The Bertz CT molecular complexity index is 4910. The Morgan fingerprint density at radius 2 is 0.305 bits per heavy atom. The molecular weight excluding hydrogens is 985 g/mol. The molecule has 0 amide bonds. The van der Waals surface area contributed by atoms with Gasteiger partial charge in [-0.25, -0.2) is 0 Å². The average molecular weight is 1040 g/mol. The van der Waals surface area contributed by atoms with E-state index in [1.54, 1.807) is 0 Å². The van der Waals surface area contributed by atoms with Gasteiger partial charge in [-0.3, -0.25) is 0 Å². The van der Waals surface area contributed by atoms with Crippen LogP contribution in [-0.2, 0) is 0 Å². The first kappa shape index (κ1) is 47.6. The van der Waals surface area contributed by atoms with Gasteiger partial charge < -0.3 is 0 Å². The number of benzene rings is 16. The first-order valence-corrected chi connectivity index (χ1v) is 28.7. The predicted octanol–water partition coefficient (Wildman–Crippen LogP) is 23.2. The van der Waals surface area contributed by atoms with E-state index < -0.39 is 0 Å². The molecule has 0 heterocycles. The van der Waals surface area contributed by atoms with Crippen LogP contribution in [0.2, 0.25) is 0 Å². The van der Waals surface area contributed by atoms with Crippen molar-refractivity contribution in [3.05, 3.63) is 302 Å². The fourth-order valence-electron chi connectivity index (χ4n) is 14.0. The van der Waals surface area contributed by atoms with Crippen LogP contribution >= 0.6 is 0 Å². The third-order valence-electron chi connectivity index (χ3n) is 17.8. The summed E-state index contributed by atoms with van der Waals surface area (Å²) in [4.78, 5) is 0. The molecule has 0 radical (unpaired) electrons. The second-order valence-corrected chi connectivity index (χ2v) is 22.2. The smallest absolute Gasteiger partial charge is 0.00137 e. The first-order chi connectivity index (χ1) is 40.6. The molecule has 0 N–H and O–H groups in total. The van der Waals surface area contributed by atoms with Crippen molar-refractivity contribution in [3.8, 4) is 77.9 Å². The lowest BCUT2D eigenvalue weighted by molar-refractivity contribution is 1.57. The Hall–Kier alpha value is -10.4. The maximum atomic E-state index is 2.50. The minimum atomic E-state index is 1.19. The van der Waals surface area contributed by atoms with Crippen molar-refractivity contribution in [2.45, 2.75) is 13.8 Å². The highest BCUT2D eigenvalue weighted by atomic mass is 14.3. The van der Waals surface area contributed by atoms with Crippen LogP contribution in [-0.4, -0.2) is 0 Å². The van der Waals surface area contributed by atoms with Crippen molar-refractivity contribution in [2.24, 2.45) is 0 Å². The minimum Gasteiger partial charge on any atom is -0.0622 e. The van der Waals surface area contributed by atoms with Gasteiger partial charge in [0.1, 0.15) is 0 Å². The molecule has 0 unspecified atom stereocenters. The van der Waals surface area contributed by atoms with Gasteiger partial charge in [-0.1, -0.05) is 267 Å². The second kappa shape index (κ2) is 19.2. The SMILES string of the molecule is Cc1c2ccccc2c(-c2c3ccccc3c(-c3c4ccccc4c(-c4c5ccccc5c(C)c5ccc(-c6ccccc6)cc45)c4cc(-c5ccccc5)ccc34)c3ccc(-c4ccccc4)cc23)c2cc(-c3ccccc3)ccc12. The summed E-state index contributed by atoms with van der Waals surface area (Å²) in [7, 11) is 0. The van der Waals surface area contributed by atoms with Crippen molar-refractivity contribution in [1.82, 2.24) is 0 Å². The first-order valence-electron chi connectivity index (χ1n) is 28.7. The van der Waals surface area contributed by atoms with Crippen LogP contribution in [0, 0.1) is 13.8 Å². The molecule has 0 heteroatoms. The normalized spacial score (nSPS) is 11.8. The molecule has 0 nitrogen and oxygen atoms in total. The van der Waals surface area contributed by atoms with Crippen LogP contribution in [0.4, 0.5) is 0 Å². The van der Waals surface area contributed by atoms with E-state index in [1.807, 2.05) is 0 Å². The summed E-state index contributed by atoms with van der Waals surface area (Å²) in [6, 6.07) is 109. The minimum absolute atomic E-state index is 1.19.